The van der Waals surface area contributed by atoms with E-state index in [1.54, 1.807) is 46.9 Å². The van der Waals surface area contributed by atoms with Crippen molar-refractivity contribution in [3.8, 4) is 11.3 Å². The third kappa shape index (κ3) is 4.48. The van der Waals surface area contributed by atoms with E-state index in [0.29, 0.717) is 29.4 Å². The van der Waals surface area contributed by atoms with E-state index in [4.69, 9.17) is 16.3 Å². The van der Waals surface area contributed by atoms with Gasteiger partial charge in [0.25, 0.3) is 5.91 Å². The van der Waals surface area contributed by atoms with Crippen molar-refractivity contribution in [3.63, 3.8) is 0 Å². The molecule has 1 unspecified atom stereocenters. The average molecular weight is 478 g/mol. The van der Waals surface area contributed by atoms with Gasteiger partial charge in [-0.25, -0.2) is 4.21 Å². The molecule has 1 aliphatic rings. The fourth-order valence-corrected chi connectivity index (χ4v) is 5.02. The monoisotopic (exact) mass is 477 g/mol. The summed E-state index contributed by atoms with van der Waals surface area (Å²) in [5.41, 5.74) is 3.42. The van der Waals surface area contributed by atoms with Gasteiger partial charge >= 0.3 is 0 Å². The van der Waals surface area contributed by atoms with Gasteiger partial charge in [0.2, 0.25) is 0 Å². The second kappa shape index (κ2) is 9.31. The van der Waals surface area contributed by atoms with Crippen molar-refractivity contribution < 1.29 is 13.7 Å². The zero-order valence-corrected chi connectivity index (χ0v) is 19.1. The highest BCUT2D eigenvalue weighted by Gasteiger charge is 2.19. The summed E-state index contributed by atoms with van der Waals surface area (Å²) in [4.78, 5) is 17.4. The smallest absolute Gasteiger partial charge is 0.255 e. The molecule has 0 bridgehead atoms. The Morgan fingerprint density at radius 3 is 2.70 bits per heavy atom. The number of fused-ring (bicyclic) bond motifs is 1. The lowest BCUT2D eigenvalue weighted by molar-refractivity contribution is 0.102. The predicted octanol–water partition coefficient (Wildman–Crippen LogP) is 5.27. The Kier molecular flexibility index (Phi) is 6.09. The Balaban J connectivity index is 1.39. The lowest BCUT2D eigenvalue weighted by Crippen LogP contribution is -2.36. The van der Waals surface area contributed by atoms with Gasteiger partial charge in [-0.2, -0.15) is 0 Å². The molecule has 3 aromatic carbocycles. The van der Waals surface area contributed by atoms with Crippen LogP contribution in [-0.2, 0) is 15.7 Å². The highest BCUT2D eigenvalue weighted by atomic mass is 35.5. The predicted molar refractivity (Wildman–Crippen MR) is 133 cm³/mol. The first-order chi connectivity index (χ1) is 16.1. The van der Waals surface area contributed by atoms with E-state index in [0.717, 1.165) is 27.7 Å². The molecular weight excluding hydrogens is 458 g/mol. The number of nitrogens with zero attached hydrogens (tertiary/aromatic N) is 2. The van der Waals surface area contributed by atoms with Gasteiger partial charge in [-0.3, -0.25) is 14.1 Å². The first kappa shape index (κ1) is 21.6. The highest BCUT2D eigenvalue weighted by molar-refractivity contribution is 7.86. The van der Waals surface area contributed by atoms with Crippen LogP contribution in [0.5, 0.6) is 0 Å². The van der Waals surface area contributed by atoms with Crippen LogP contribution < -0.4 is 9.62 Å². The molecule has 2 heterocycles. The van der Waals surface area contributed by atoms with Crippen molar-refractivity contribution in [2.45, 2.75) is 0 Å². The van der Waals surface area contributed by atoms with Gasteiger partial charge in [0, 0.05) is 34.1 Å². The molecular formula is C25H20ClN3O3S. The normalized spacial score (nSPS) is 16.0. The lowest BCUT2D eigenvalue weighted by Gasteiger charge is -2.27. The minimum absolute atomic E-state index is 0.187. The summed E-state index contributed by atoms with van der Waals surface area (Å²) in [7, 11) is -1.22. The number of hydrogen-bond acceptors (Lipinski definition) is 4. The van der Waals surface area contributed by atoms with Crippen molar-refractivity contribution >= 4 is 50.6 Å². The molecule has 1 fully saturated rings. The molecule has 1 aliphatic heterocycles. The van der Waals surface area contributed by atoms with Crippen LogP contribution in [0, 0.1) is 0 Å². The van der Waals surface area contributed by atoms with Gasteiger partial charge in [-0.05, 0) is 53.9 Å². The fraction of sp³-hybridized carbons (Fsp3) is 0.120. The molecule has 1 aromatic heterocycles. The summed E-state index contributed by atoms with van der Waals surface area (Å²) in [6.07, 6.45) is 1.75. The molecule has 1 saturated heterocycles. The molecule has 8 heteroatoms. The molecule has 0 saturated carbocycles. The van der Waals surface area contributed by atoms with Crippen molar-refractivity contribution in [2.75, 3.05) is 28.7 Å². The second-order valence-electron chi connectivity index (χ2n) is 7.53. The number of hydrogen-bond donors (Lipinski definition) is 1. The first-order valence-electron chi connectivity index (χ1n) is 10.4. The number of aromatic nitrogens is 1. The summed E-state index contributed by atoms with van der Waals surface area (Å²) in [6.45, 7) is 1.08. The van der Waals surface area contributed by atoms with Gasteiger partial charge in [-0.15, -0.1) is 0 Å². The fourth-order valence-electron chi connectivity index (χ4n) is 3.79. The van der Waals surface area contributed by atoms with Crippen LogP contribution in [0.25, 0.3) is 22.0 Å². The van der Waals surface area contributed by atoms with E-state index in [1.807, 2.05) is 36.4 Å². The Labute approximate surface area is 198 Å². The number of amides is 1. The maximum Gasteiger partial charge on any atom is 0.255 e. The largest absolute Gasteiger partial charge is 0.364 e. The molecule has 166 valence electrons. The molecule has 5 rings (SSSR count). The first-order valence-corrected chi connectivity index (χ1v) is 12.0. The SMILES string of the molecule is O=C(Nc1ccc(Cl)c(-c2nccc3ccccc23)c1)c1ccc(N2CCOCS2=O)cc1. The maximum absolute atomic E-state index is 12.9. The van der Waals surface area contributed by atoms with Crippen molar-refractivity contribution in [2.24, 2.45) is 0 Å². The van der Waals surface area contributed by atoms with E-state index in [9.17, 15) is 9.00 Å². The molecule has 1 N–H and O–H groups in total. The van der Waals surface area contributed by atoms with Crippen LogP contribution in [0.15, 0.2) is 79.0 Å². The third-order valence-electron chi connectivity index (χ3n) is 5.44. The van der Waals surface area contributed by atoms with Crippen LogP contribution >= 0.6 is 11.6 Å². The van der Waals surface area contributed by atoms with Gasteiger partial charge in [-0.1, -0.05) is 35.9 Å². The minimum Gasteiger partial charge on any atom is -0.364 e. The minimum atomic E-state index is -1.22. The van der Waals surface area contributed by atoms with Gasteiger partial charge in [0.1, 0.15) is 16.9 Å². The molecule has 0 spiro atoms. The van der Waals surface area contributed by atoms with Crippen LogP contribution in [0.1, 0.15) is 10.4 Å². The third-order valence-corrected chi connectivity index (χ3v) is 7.02. The highest BCUT2D eigenvalue weighted by Crippen LogP contribution is 2.34. The van der Waals surface area contributed by atoms with E-state index in [-0.39, 0.29) is 11.8 Å². The quantitative estimate of drug-likeness (QED) is 0.435. The van der Waals surface area contributed by atoms with Gasteiger partial charge in [0.15, 0.2) is 0 Å². The van der Waals surface area contributed by atoms with Crippen molar-refractivity contribution in [1.29, 1.82) is 0 Å². The Bertz CT molecular complexity index is 1360. The number of rotatable bonds is 4. The second-order valence-corrected chi connectivity index (χ2v) is 9.25. The zero-order valence-electron chi connectivity index (χ0n) is 17.5. The Hall–Kier alpha value is -3.26. The summed E-state index contributed by atoms with van der Waals surface area (Å²) in [6, 6.07) is 22.3. The number of ether oxygens (including phenoxy) is 1. The van der Waals surface area contributed by atoms with Crippen LogP contribution in [0.2, 0.25) is 5.02 Å². The molecule has 6 nitrogen and oxygen atoms in total. The van der Waals surface area contributed by atoms with E-state index in [2.05, 4.69) is 10.3 Å². The summed E-state index contributed by atoms with van der Waals surface area (Å²) in [5, 5.41) is 5.54. The van der Waals surface area contributed by atoms with Crippen LogP contribution in [-0.4, -0.2) is 34.2 Å². The standard InChI is InChI=1S/C25H20ClN3O3S/c26-23-10-7-19(15-22(23)24-21-4-2-1-3-17(21)11-12-27-24)28-25(30)18-5-8-20(9-6-18)29-13-14-32-16-33(29)31/h1-12,15H,13-14,16H2,(H,28,30). The van der Waals surface area contributed by atoms with Crippen LogP contribution in [0.3, 0.4) is 0 Å². The number of nitrogens with one attached hydrogen (secondary N) is 1. The van der Waals surface area contributed by atoms with Crippen molar-refractivity contribution in [1.82, 2.24) is 4.98 Å². The average Bonchev–Trinajstić information content (AvgIpc) is 2.85. The zero-order chi connectivity index (χ0) is 22.8. The molecule has 1 amide bonds. The molecule has 0 radical (unpaired) electrons. The summed E-state index contributed by atoms with van der Waals surface area (Å²) in [5.74, 6) is -0.0593. The number of halogens is 1. The van der Waals surface area contributed by atoms with Gasteiger partial charge < -0.3 is 10.1 Å². The van der Waals surface area contributed by atoms with E-state index in [1.165, 1.54) is 0 Å². The van der Waals surface area contributed by atoms with Crippen molar-refractivity contribution in [3.05, 3.63) is 89.6 Å². The molecule has 0 aliphatic carbocycles. The number of anilines is 2. The topological polar surface area (TPSA) is 71.5 Å². The molecule has 1 atom stereocenters. The number of pyridine rings is 1. The molecule has 33 heavy (non-hydrogen) atoms. The number of carbonyl (C=O) groups excluding carboxylic acids is 1. The lowest BCUT2D eigenvalue weighted by atomic mass is 10.0. The summed E-state index contributed by atoms with van der Waals surface area (Å²) >= 11 is 6.50. The summed E-state index contributed by atoms with van der Waals surface area (Å²) < 4.78 is 19.1. The maximum atomic E-state index is 12.9. The molecule has 4 aromatic rings. The van der Waals surface area contributed by atoms with Crippen LogP contribution in [0.4, 0.5) is 11.4 Å². The Morgan fingerprint density at radius 1 is 1.06 bits per heavy atom. The Morgan fingerprint density at radius 2 is 1.88 bits per heavy atom. The van der Waals surface area contributed by atoms with E-state index < -0.39 is 11.0 Å². The number of benzene rings is 3. The number of carbonyl (C=O) groups is 1. The van der Waals surface area contributed by atoms with E-state index >= 15 is 0 Å². The van der Waals surface area contributed by atoms with Gasteiger partial charge in [0.05, 0.1) is 23.9 Å².